The van der Waals surface area contributed by atoms with Crippen molar-refractivity contribution >= 4 is 39.5 Å². The minimum Gasteiger partial charge on any atom is -0.360 e. The lowest BCUT2D eigenvalue weighted by Gasteiger charge is -2.16. The average Bonchev–Trinajstić information content (AvgIpc) is 3.18. The topological polar surface area (TPSA) is 103 Å². The maximum Gasteiger partial charge on any atom is 0.332 e. The SMILES string of the molecule is Cc1nc(S[C@@H](C)C(=O)c2c[nH]c3ccccc23)c2c(=O)n(C)c(=O)n(CC(C)C)c2n1. The molecule has 0 saturated carbocycles. The molecular weight excluding hydrogens is 426 g/mol. The molecule has 0 unspecified atom stereocenters. The number of aryl methyl sites for hydroxylation is 1. The molecule has 0 aliphatic carbocycles. The lowest BCUT2D eigenvalue weighted by atomic mass is 10.1. The van der Waals surface area contributed by atoms with E-state index in [4.69, 9.17) is 0 Å². The fraction of sp³-hybridized carbons (Fsp3) is 0.348. The van der Waals surface area contributed by atoms with Crippen molar-refractivity contribution in [1.82, 2.24) is 24.1 Å². The molecule has 0 amide bonds. The summed E-state index contributed by atoms with van der Waals surface area (Å²) >= 11 is 1.22. The number of aromatic amines is 1. The Bertz CT molecular complexity index is 1460. The molecule has 32 heavy (non-hydrogen) atoms. The Morgan fingerprint density at radius 2 is 1.88 bits per heavy atom. The van der Waals surface area contributed by atoms with E-state index in [1.54, 1.807) is 20.0 Å². The lowest BCUT2D eigenvalue weighted by molar-refractivity contribution is 0.0995. The zero-order valence-electron chi connectivity index (χ0n) is 18.7. The maximum absolute atomic E-state index is 13.2. The van der Waals surface area contributed by atoms with Crippen molar-refractivity contribution in [2.24, 2.45) is 13.0 Å². The Kier molecular flexibility index (Phi) is 5.77. The number of carbonyl (C=O) groups is 1. The van der Waals surface area contributed by atoms with Gasteiger partial charge in [-0.15, -0.1) is 0 Å². The molecule has 4 aromatic rings. The van der Waals surface area contributed by atoms with Crippen LogP contribution in [0.25, 0.3) is 21.9 Å². The number of para-hydroxylation sites is 1. The minimum atomic E-state index is -0.498. The van der Waals surface area contributed by atoms with E-state index in [-0.39, 0.29) is 17.1 Å². The molecule has 8 nitrogen and oxygen atoms in total. The summed E-state index contributed by atoms with van der Waals surface area (Å²) in [5.74, 6) is 0.559. The Balaban J connectivity index is 1.82. The first-order valence-electron chi connectivity index (χ1n) is 10.4. The lowest BCUT2D eigenvalue weighted by Crippen LogP contribution is -2.39. The fourth-order valence-corrected chi connectivity index (χ4v) is 4.82. The highest BCUT2D eigenvalue weighted by Crippen LogP contribution is 2.30. The van der Waals surface area contributed by atoms with E-state index in [1.807, 2.05) is 38.1 Å². The molecule has 166 valence electrons. The summed E-state index contributed by atoms with van der Waals surface area (Å²) in [5, 5.41) is 1.03. The van der Waals surface area contributed by atoms with Crippen molar-refractivity contribution in [2.75, 3.05) is 0 Å². The van der Waals surface area contributed by atoms with Crippen LogP contribution in [0.3, 0.4) is 0 Å². The molecule has 3 aromatic heterocycles. The van der Waals surface area contributed by atoms with E-state index in [9.17, 15) is 14.4 Å². The molecule has 3 heterocycles. The van der Waals surface area contributed by atoms with Crippen LogP contribution in [0.5, 0.6) is 0 Å². The second kappa shape index (κ2) is 8.38. The zero-order chi connectivity index (χ0) is 23.2. The fourth-order valence-electron chi connectivity index (χ4n) is 3.77. The van der Waals surface area contributed by atoms with Crippen molar-refractivity contribution in [2.45, 2.75) is 44.5 Å². The summed E-state index contributed by atoms with van der Waals surface area (Å²) in [6.45, 7) is 7.93. The Hall–Kier alpha value is -3.20. The third-order valence-corrected chi connectivity index (χ3v) is 6.41. The third-order valence-electron chi connectivity index (χ3n) is 5.32. The molecule has 0 aliphatic heterocycles. The van der Waals surface area contributed by atoms with Crippen LogP contribution >= 0.6 is 11.8 Å². The van der Waals surface area contributed by atoms with Gasteiger partial charge in [0.1, 0.15) is 16.2 Å². The molecular formula is C23H25N5O3S. The van der Waals surface area contributed by atoms with Gasteiger partial charge in [0.05, 0.1) is 5.25 Å². The van der Waals surface area contributed by atoms with Crippen molar-refractivity contribution in [1.29, 1.82) is 0 Å². The van der Waals surface area contributed by atoms with Gasteiger partial charge in [-0.25, -0.2) is 14.8 Å². The number of hydrogen-bond acceptors (Lipinski definition) is 6. The standard InChI is InChI=1S/C23H25N5O3S/c1-12(2)11-28-20-18(22(30)27(5)23(28)31)21(26-14(4)25-20)32-13(3)19(29)16-10-24-17-9-7-6-8-15(16)17/h6-10,12-13,24H,11H2,1-5H3/t13-/m0/s1. The van der Waals surface area contributed by atoms with E-state index in [0.717, 1.165) is 15.5 Å². The molecule has 0 radical (unpaired) electrons. The van der Waals surface area contributed by atoms with E-state index in [1.165, 1.54) is 23.4 Å². The van der Waals surface area contributed by atoms with Crippen LogP contribution in [0.1, 0.15) is 37.0 Å². The molecule has 9 heteroatoms. The van der Waals surface area contributed by atoms with Crippen LogP contribution < -0.4 is 11.2 Å². The smallest absolute Gasteiger partial charge is 0.332 e. The molecule has 0 fully saturated rings. The summed E-state index contributed by atoms with van der Waals surface area (Å²) in [7, 11) is 1.45. The molecule has 4 rings (SSSR count). The third kappa shape index (κ3) is 3.77. The number of hydrogen-bond donors (Lipinski definition) is 1. The van der Waals surface area contributed by atoms with E-state index in [2.05, 4.69) is 15.0 Å². The number of carbonyl (C=O) groups excluding carboxylic acids is 1. The van der Waals surface area contributed by atoms with Crippen LogP contribution in [0.2, 0.25) is 0 Å². The molecule has 0 aliphatic rings. The molecule has 1 aromatic carbocycles. The Morgan fingerprint density at radius 3 is 2.59 bits per heavy atom. The first-order valence-corrected chi connectivity index (χ1v) is 11.3. The highest BCUT2D eigenvalue weighted by atomic mass is 32.2. The van der Waals surface area contributed by atoms with Crippen molar-refractivity contribution in [3.8, 4) is 0 Å². The highest BCUT2D eigenvalue weighted by molar-refractivity contribution is 8.00. The quantitative estimate of drug-likeness (QED) is 0.274. The highest BCUT2D eigenvalue weighted by Gasteiger charge is 2.24. The average molecular weight is 452 g/mol. The molecule has 1 N–H and O–H groups in total. The number of nitrogens with one attached hydrogen (secondary N) is 1. The molecule has 0 spiro atoms. The van der Waals surface area contributed by atoms with Crippen LogP contribution in [-0.4, -0.2) is 35.1 Å². The van der Waals surface area contributed by atoms with Crippen LogP contribution in [0.15, 0.2) is 45.1 Å². The van der Waals surface area contributed by atoms with Gasteiger partial charge < -0.3 is 4.98 Å². The van der Waals surface area contributed by atoms with Gasteiger partial charge in [-0.2, -0.15) is 0 Å². The summed E-state index contributed by atoms with van der Waals surface area (Å²) in [6, 6.07) is 7.63. The first kappa shape index (κ1) is 22.0. The van der Waals surface area contributed by atoms with Crippen LogP contribution in [0.4, 0.5) is 0 Å². The maximum atomic E-state index is 13.2. The van der Waals surface area contributed by atoms with E-state index < -0.39 is 16.5 Å². The number of rotatable bonds is 6. The van der Waals surface area contributed by atoms with Gasteiger partial charge in [0.15, 0.2) is 11.4 Å². The van der Waals surface area contributed by atoms with Gasteiger partial charge in [0, 0.05) is 36.3 Å². The van der Waals surface area contributed by atoms with Crippen molar-refractivity contribution < 1.29 is 4.79 Å². The second-order valence-corrected chi connectivity index (χ2v) is 9.63. The number of thioether (sulfide) groups is 1. The molecule has 1 atom stereocenters. The number of nitrogens with zero attached hydrogens (tertiary/aromatic N) is 4. The van der Waals surface area contributed by atoms with E-state index in [0.29, 0.717) is 28.6 Å². The van der Waals surface area contributed by atoms with Crippen LogP contribution in [-0.2, 0) is 13.6 Å². The summed E-state index contributed by atoms with van der Waals surface area (Å²) in [6.07, 6.45) is 1.72. The van der Waals surface area contributed by atoms with Gasteiger partial charge in [-0.3, -0.25) is 18.7 Å². The Morgan fingerprint density at radius 1 is 1.16 bits per heavy atom. The first-order chi connectivity index (χ1) is 15.2. The predicted octanol–water partition coefficient (Wildman–Crippen LogP) is 3.30. The number of benzene rings is 1. The number of H-pyrrole nitrogens is 1. The van der Waals surface area contributed by atoms with Crippen molar-refractivity contribution in [3.05, 3.63) is 62.7 Å². The number of ketones is 1. The van der Waals surface area contributed by atoms with Gasteiger partial charge in [-0.05, 0) is 25.8 Å². The predicted molar refractivity (Wildman–Crippen MR) is 127 cm³/mol. The second-order valence-electron chi connectivity index (χ2n) is 8.30. The van der Waals surface area contributed by atoms with E-state index >= 15 is 0 Å². The number of fused-ring (bicyclic) bond motifs is 2. The van der Waals surface area contributed by atoms with Gasteiger partial charge in [0.2, 0.25) is 0 Å². The zero-order valence-corrected chi connectivity index (χ0v) is 19.5. The molecule has 0 saturated heterocycles. The van der Waals surface area contributed by atoms with Crippen LogP contribution in [0, 0.1) is 12.8 Å². The summed E-state index contributed by atoms with van der Waals surface area (Å²) in [4.78, 5) is 51.1. The van der Waals surface area contributed by atoms with Gasteiger partial charge >= 0.3 is 5.69 Å². The van der Waals surface area contributed by atoms with Gasteiger partial charge in [-0.1, -0.05) is 43.8 Å². The Labute approximate surface area is 188 Å². The molecule has 0 bridgehead atoms. The number of Topliss-reactive ketones (excluding diaryl/α,β-unsaturated/α-hetero) is 1. The minimum absolute atomic E-state index is 0.0656. The van der Waals surface area contributed by atoms with Gasteiger partial charge in [0.25, 0.3) is 5.56 Å². The normalized spacial score (nSPS) is 12.7. The summed E-state index contributed by atoms with van der Waals surface area (Å²) < 4.78 is 2.60. The monoisotopic (exact) mass is 451 g/mol. The summed E-state index contributed by atoms with van der Waals surface area (Å²) in [5.41, 5.74) is 0.934. The van der Waals surface area contributed by atoms with Crippen molar-refractivity contribution in [3.63, 3.8) is 0 Å². The number of aromatic nitrogens is 5. The largest absolute Gasteiger partial charge is 0.360 e.